The number of hydrogen-bond acceptors (Lipinski definition) is 2. The summed E-state index contributed by atoms with van der Waals surface area (Å²) >= 11 is 6.04. The van der Waals surface area contributed by atoms with E-state index in [9.17, 15) is 18.0 Å². The Hall–Kier alpha value is -2.02. The molecule has 1 aromatic heterocycles. The summed E-state index contributed by atoms with van der Waals surface area (Å²) in [5, 5.41) is 12.6. The van der Waals surface area contributed by atoms with Crippen molar-refractivity contribution in [2.24, 2.45) is 0 Å². The summed E-state index contributed by atoms with van der Waals surface area (Å²) in [6, 6.07) is 4.58. The van der Waals surface area contributed by atoms with Gasteiger partial charge in [0.25, 0.3) is 0 Å². The molecule has 1 heterocycles. The standard InChI is InChI=1S/C13H10ClF3N2O2/c14-12-8(4-5-11(20)21)7-18-19(12)10-3-1-2-9(6-10)13(15,16)17/h1-3,6-7H,4-5H2,(H,20,21). The number of hydrogen-bond donors (Lipinski definition) is 1. The van der Waals surface area contributed by atoms with E-state index < -0.39 is 17.7 Å². The zero-order valence-corrected chi connectivity index (χ0v) is 11.3. The second-order valence-electron chi connectivity index (χ2n) is 4.31. The smallest absolute Gasteiger partial charge is 0.416 e. The molecule has 2 aromatic rings. The molecule has 0 amide bonds. The minimum atomic E-state index is -4.46. The van der Waals surface area contributed by atoms with Gasteiger partial charge in [-0.1, -0.05) is 17.7 Å². The third-order valence-electron chi connectivity index (χ3n) is 2.81. The lowest BCUT2D eigenvalue weighted by Crippen LogP contribution is -2.06. The zero-order chi connectivity index (χ0) is 15.6. The van der Waals surface area contributed by atoms with Gasteiger partial charge in [-0.15, -0.1) is 0 Å². The fraction of sp³-hybridized carbons (Fsp3) is 0.231. The quantitative estimate of drug-likeness (QED) is 0.937. The molecule has 2 rings (SSSR count). The molecule has 0 aliphatic rings. The molecular formula is C13H10ClF3N2O2. The van der Waals surface area contributed by atoms with Crippen molar-refractivity contribution in [2.45, 2.75) is 19.0 Å². The second kappa shape index (κ2) is 5.77. The monoisotopic (exact) mass is 318 g/mol. The Bertz CT molecular complexity index is 668. The predicted molar refractivity (Wildman–Crippen MR) is 69.5 cm³/mol. The molecule has 0 atom stereocenters. The Labute approximate surface area is 122 Å². The zero-order valence-electron chi connectivity index (χ0n) is 10.6. The van der Waals surface area contributed by atoms with Crippen LogP contribution >= 0.6 is 11.6 Å². The highest BCUT2D eigenvalue weighted by molar-refractivity contribution is 6.30. The highest BCUT2D eigenvalue weighted by atomic mass is 35.5. The summed E-state index contributed by atoms with van der Waals surface area (Å²) in [7, 11) is 0. The van der Waals surface area contributed by atoms with Gasteiger partial charge in [-0.05, 0) is 24.6 Å². The molecule has 0 aliphatic heterocycles. The van der Waals surface area contributed by atoms with Gasteiger partial charge in [-0.25, -0.2) is 4.68 Å². The Kier molecular flexibility index (Phi) is 4.22. The normalized spacial score (nSPS) is 11.6. The molecule has 21 heavy (non-hydrogen) atoms. The molecule has 0 unspecified atom stereocenters. The first kappa shape index (κ1) is 15.4. The topological polar surface area (TPSA) is 55.1 Å². The largest absolute Gasteiger partial charge is 0.481 e. The van der Waals surface area contributed by atoms with Gasteiger partial charge in [-0.3, -0.25) is 4.79 Å². The van der Waals surface area contributed by atoms with Crippen molar-refractivity contribution >= 4 is 17.6 Å². The average Bonchev–Trinajstić information content (AvgIpc) is 2.77. The van der Waals surface area contributed by atoms with Gasteiger partial charge in [0.05, 0.1) is 17.4 Å². The molecule has 0 bridgehead atoms. The first-order valence-corrected chi connectivity index (χ1v) is 6.28. The van der Waals surface area contributed by atoms with Gasteiger partial charge in [-0.2, -0.15) is 18.3 Å². The van der Waals surface area contributed by atoms with Gasteiger partial charge in [0.2, 0.25) is 0 Å². The van der Waals surface area contributed by atoms with Crippen LogP contribution in [-0.4, -0.2) is 20.9 Å². The molecule has 0 radical (unpaired) electrons. The minimum Gasteiger partial charge on any atom is -0.481 e. The van der Waals surface area contributed by atoms with E-state index in [1.165, 1.54) is 18.3 Å². The van der Waals surface area contributed by atoms with Crippen LogP contribution in [-0.2, 0) is 17.4 Å². The van der Waals surface area contributed by atoms with Crippen LogP contribution in [0.1, 0.15) is 17.5 Å². The van der Waals surface area contributed by atoms with Gasteiger partial charge in [0.1, 0.15) is 5.15 Å². The maximum Gasteiger partial charge on any atom is 0.416 e. The van der Waals surface area contributed by atoms with Crippen LogP contribution in [0.25, 0.3) is 5.69 Å². The van der Waals surface area contributed by atoms with E-state index in [4.69, 9.17) is 16.7 Å². The molecule has 1 aromatic carbocycles. The van der Waals surface area contributed by atoms with Crippen molar-refractivity contribution in [1.29, 1.82) is 0 Å². The van der Waals surface area contributed by atoms with E-state index in [1.54, 1.807) is 0 Å². The number of benzene rings is 1. The van der Waals surface area contributed by atoms with Gasteiger partial charge in [0, 0.05) is 12.0 Å². The number of carbonyl (C=O) groups is 1. The SMILES string of the molecule is O=C(O)CCc1cnn(-c2cccc(C(F)(F)F)c2)c1Cl. The molecular weight excluding hydrogens is 309 g/mol. The highest BCUT2D eigenvalue weighted by Gasteiger charge is 2.30. The molecule has 4 nitrogen and oxygen atoms in total. The Balaban J connectivity index is 2.33. The lowest BCUT2D eigenvalue weighted by atomic mass is 10.2. The summed E-state index contributed by atoms with van der Waals surface area (Å²) in [6.07, 6.45) is -3.07. The van der Waals surface area contributed by atoms with Crippen LogP contribution in [0.4, 0.5) is 13.2 Å². The lowest BCUT2D eigenvalue weighted by Gasteiger charge is -2.09. The number of nitrogens with zero attached hydrogens (tertiary/aromatic N) is 2. The molecule has 8 heteroatoms. The van der Waals surface area contributed by atoms with Gasteiger partial charge < -0.3 is 5.11 Å². The van der Waals surface area contributed by atoms with Crippen LogP contribution in [0.15, 0.2) is 30.5 Å². The molecule has 0 spiro atoms. The van der Waals surface area contributed by atoms with Crippen molar-refractivity contribution in [3.63, 3.8) is 0 Å². The fourth-order valence-electron chi connectivity index (χ4n) is 1.77. The van der Waals surface area contributed by atoms with E-state index in [1.807, 2.05) is 0 Å². The van der Waals surface area contributed by atoms with E-state index in [2.05, 4.69) is 5.10 Å². The summed E-state index contributed by atoms with van der Waals surface area (Å²) in [5.41, 5.74) is -0.175. The number of aliphatic carboxylic acids is 1. The van der Waals surface area contributed by atoms with Gasteiger partial charge >= 0.3 is 12.1 Å². The number of aryl methyl sites for hydroxylation is 1. The third kappa shape index (κ3) is 3.55. The maximum atomic E-state index is 12.7. The van der Waals surface area contributed by atoms with Crippen LogP contribution < -0.4 is 0 Å². The van der Waals surface area contributed by atoms with Crippen molar-refractivity contribution in [3.05, 3.63) is 46.7 Å². The van der Waals surface area contributed by atoms with Crippen molar-refractivity contribution < 1.29 is 23.1 Å². The molecule has 112 valence electrons. The lowest BCUT2D eigenvalue weighted by molar-refractivity contribution is -0.138. The molecule has 0 aliphatic carbocycles. The van der Waals surface area contributed by atoms with Crippen LogP contribution in [0.5, 0.6) is 0 Å². The number of carboxylic acid groups (broad SMARTS) is 1. The van der Waals surface area contributed by atoms with E-state index in [0.717, 1.165) is 16.8 Å². The number of aromatic nitrogens is 2. The summed E-state index contributed by atoms with van der Waals surface area (Å²) < 4.78 is 39.2. The number of rotatable bonds is 4. The Morgan fingerprint density at radius 3 is 2.71 bits per heavy atom. The number of halogens is 4. The van der Waals surface area contributed by atoms with E-state index >= 15 is 0 Å². The molecule has 0 fully saturated rings. The highest BCUT2D eigenvalue weighted by Crippen LogP contribution is 2.31. The van der Waals surface area contributed by atoms with Crippen LogP contribution in [0, 0.1) is 0 Å². The van der Waals surface area contributed by atoms with E-state index in [-0.39, 0.29) is 23.7 Å². The minimum absolute atomic E-state index is 0.107. The molecule has 0 saturated heterocycles. The first-order chi connectivity index (χ1) is 9.79. The van der Waals surface area contributed by atoms with E-state index in [0.29, 0.717) is 5.56 Å². The summed E-state index contributed by atoms with van der Waals surface area (Å²) in [4.78, 5) is 10.5. The van der Waals surface area contributed by atoms with Crippen molar-refractivity contribution in [3.8, 4) is 5.69 Å². The fourth-order valence-corrected chi connectivity index (χ4v) is 2.06. The number of carboxylic acids is 1. The average molecular weight is 319 g/mol. The van der Waals surface area contributed by atoms with Crippen molar-refractivity contribution in [2.75, 3.05) is 0 Å². The predicted octanol–water partition coefficient (Wildman–Crippen LogP) is 3.56. The Morgan fingerprint density at radius 2 is 2.10 bits per heavy atom. The third-order valence-corrected chi connectivity index (χ3v) is 3.21. The summed E-state index contributed by atoms with van der Waals surface area (Å²) in [5.74, 6) is -0.988. The van der Waals surface area contributed by atoms with Crippen LogP contribution in [0.2, 0.25) is 5.15 Å². The molecule has 0 saturated carbocycles. The summed E-state index contributed by atoms with van der Waals surface area (Å²) in [6.45, 7) is 0. The maximum absolute atomic E-state index is 12.7. The second-order valence-corrected chi connectivity index (χ2v) is 4.67. The number of alkyl halides is 3. The van der Waals surface area contributed by atoms with Gasteiger partial charge in [0.15, 0.2) is 0 Å². The first-order valence-electron chi connectivity index (χ1n) is 5.91. The van der Waals surface area contributed by atoms with Crippen LogP contribution in [0.3, 0.4) is 0 Å². The molecule has 1 N–H and O–H groups in total. The van der Waals surface area contributed by atoms with Crippen molar-refractivity contribution in [1.82, 2.24) is 9.78 Å². The Morgan fingerprint density at radius 1 is 1.38 bits per heavy atom.